The van der Waals surface area contributed by atoms with Crippen molar-refractivity contribution in [3.63, 3.8) is 0 Å². The molecule has 21 heavy (non-hydrogen) atoms. The molecule has 0 heterocycles. The van der Waals surface area contributed by atoms with Crippen LogP contribution in [0.3, 0.4) is 0 Å². The predicted molar refractivity (Wildman–Crippen MR) is 88.0 cm³/mol. The maximum atomic E-state index is 12.3. The van der Waals surface area contributed by atoms with Gasteiger partial charge in [-0.15, -0.1) is 0 Å². The molecule has 3 heteroatoms. The first-order chi connectivity index (χ1) is 10.2. The fourth-order valence-electron chi connectivity index (χ4n) is 1.89. The van der Waals surface area contributed by atoms with Gasteiger partial charge in [0.2, 0.25) is 0 Å². The van der Waals surface area contributed by atoms with Gasteiger partial charge in [0.05, 0.1) is 6.61 Å². The van der Waals surface area contributed by atoms with Crippen LogP contribution in [0.1, 0.15) is 19.4 Å². The van der Waals surface area contributed by atoms with Crippen molar-refractivity contribution in [1.82, 2.24) is 0 Å². The van der Waals surface area contributed by atoms with Crippen LogP contribution in [0.5, 0.6) is 0 Å². The van der Waals surface area contributed by atoms with E-state index in [1.165, 1.54) is 11.8 Å². The third kappa shape index (κ3) is 4.23. The zero-order valence-electron chi connectivity index (χ0n) is 12.2. The SMILES string of the molecule is CCOC(=O)/C(Sc1ccccc1)=C(\C)c1ccccc1. The van der Waals surface area contributed by atoms with Crippen molar-refractivity contribution in [2.45, 2.75) is 18.7 Å². The number of benzene rings is 2. The summed E-state index contributed by atoms with van der Waals surface area (Å²) in [6, 6.07) is 19.8. The highest BCUT2D eigenvalue weighted by atomic mass is 32.2. The molecular weight excluding hydrogens is 280 g/mol. The molecule has 0 unspecified atom stereocenters. The Morgan fingerprint density at radius 3 is 2.14 bits per heavy atom. The average molecular weight is 298 g/mol. The fraction of sp³-hybridized carbons (Fsp3) is 0.167. The first-order valence-corrected chi connectivity index (χ1v) is 7.70. The maximum Gasteiger partial charge on any atom is 0.345 e. The Morgan fingerprint density at radius 1 is 1.00 bits per heavy atom. The van der Waals surface area contributed by atoms with Crippen LogP contribution in [-0.2, 0) is 9.53 Å². The molecule has 0 aliphatic heterocycles. The van der Waals surface area contributed by atoms with Crippen LogP contribution in [0.15, 0.2) is 70.5 Å². The number of rotatable bonds is 5. The molecule has 0 atom stereocenters. The Balaban J connectivity index is 2.38. The van der Waals surface area contributed by atoms with Gasteiger partial charge in [0.25, 0.3) is 0 Å². The minimum Gasteiger partial charge on any atom is -0.462 e. The topological polar surface area (TPSA) is 26.3 Å². The summed E-state index contributed by atoms with van der Waals surface area (Å²) in [6.45, 7) is 4.15. The summed E-state index contributed by atoms with van der Waals surface area (Å²) >= 11 is 1.44. The molecule has 0 amide bonds. The van der Waals surface area contributed by atoms with Gasteiger partial charge in [-0.2, -0.15) is 0 Å². The van der Waals surface area contributed by atoms with Crippen molar-refractivity contribution < 1.29 is 9.53 Å². The molecule has 0 aromatic heterocycles. The second-order valence-corrected chi connectivity index (χ2v) is 5.54. The minimum atomic E-state index is -0.271. The van der Waals surface area contributed by atoms with Crippen molar-refractivity contribution in [3.8, 4) is 0 Å². The summed E-state index contributed by atoms with van der Waals surface area (Å²) < 4.78 is 5.20. The normalized spacial score (nSPS) is 11.7. The Morgan fingerprint density at radius 2 is 1.57 bits per heavy atom. The van der Waals surface area contributed by atoms with E-state index in [9.17, 15) is 4.79 Å². The largest absolute Gasteiger partial charge is 0.462 e. The Kier molecular flexibility index (Phi) is 5.64. The van der Waals surface area contributed by atoms with Crippen LogP contribution >= 0.6 is 11.8 Å². The highest BCUT2D eigenvalue weighted by Crippen LogP contribution is 2.33. The highest BCUT2D eigenvalue weighted by molar-refractivity contribution is 8.04. The fourth-order valence-corrected chi connectivity index (χ4v) is 2.84. The maximum absolute atomic E-state index is 12.3. The summed E-state index contributed by atoms with van der Waals surface area (Å²) in [7, 11) is 0. The van der Waals surface area contributed by atoms with E-state index in [4.69, 9.17) is 4.74 Å². The molecule has 0 saturated carbocycles. The van der Waals surface area contributed by atoms with E-state index in [-0.39, 0.29) is 5.97 Å². The number of carbonyl (C=O) groups is 1. The molecular formula is C18H18O2S. The lowest BCUT2D eigenvalue weighted by Gasteiger charge is -2.11. The van der Waals surface area contributed by atoms with Crippen molar-refractivity contribution >= 4 is 23.3 Å². The lowest BCUT2D eigenvalue weighted by molar-refractivity contribution is -0.137. The van der Waals surface area contributed by atoms with Gasteiger partial charge in [-0.25, -0.2) is 4.79 Å². The van der Waals surface area contributed by atoms with Crippen LogP contribution in [0.2, 0.25) is 0 Å². The number of hydrogen-bond acceptors (Lipinski definition) is 3. The van der Waals surface area contributed by atoms with Crippen LogP contribution in [-0.4, -0.2) is 12.6 Å². The Bertz CT molecular complexity index is 618. The Labute approximate surface area is 129 Å². The summed E-state index contributed by atoms with van der Waals surface area (Å²) in [6.07, 6.45) is 0. The number of esters is 1. The van der Waals surface area contributed by atoms with Crippen molar-refractivity contribution in [2.75, 3.05) is 6.61 Å². The lowest BCUT2D eigenvalue weighted by Crippen LogP contribution is -2.07. The van der Waals surface area contributed by atoms with E-state index in [0.717, 1.165) is 16.0 Å². The zero-order chi connectivity index (χ0) is 15.1. The van der Waals surface area contributed by atoms with E-state index in [2.05, 4.69) is 0 Å². The number of allylic oxidation sites excluding steroid dienone is 1. The molecule has 2 nitrogen and oxygen atoms in total. The predicted octanol–water partition coefficient (Wildman–Crippen LogP) is 4.77. The minimum absolute atomic E-state index is 0.271. The second kappa shape index (κ2) is 7.70. The van der Waals surface area contributed by atoms with Crippen molar-refractivity contribution in [1.29, 1.82) is 0 Å². The van der Waals surface area contributed by atoms with E-state index < -0.39 is 0 Å². The molecule has 0 saturated heterocycles. The van der Waals surface area contributed by atoms with Gasteiger partial charge in [0.15, 0.2) is 0 Å². The number of ether oxygens (including phenoxy) is 1. The standard InChI is InChI=1S/C18H18O2S/c1-3-20-18(19)17(21-16-12-8-5-9-13-16)14(2)15-10-6-4-7-11-15/h4-13H,3H2,1-2H3/b17-14-. The third-order valence-electron chi connectivity index (χ3n) is 2.97. The molecule has 108 valence electrons. The van der Waals surface area contributed by atoms with E-state index >= 15 is 0 Å². The van der Waals surface area contributed by atoms with Crippen LogP contribution in [0, 0.1) is 0 Å². The monoisotopic (exact) mass is 298 g/mol. The van der Waals surface area contributed by atoms with Crippen molar-refractivity contribution in [2.24, 2.45) is 0 Å². The summed E-state index contributed by atoms with van der Waals surface area (Å²) in [5.74, 6) is -0.271. The average Bonchev–Trinajstić information content (AvgIpc) is 2.54. The quantitative estimate of drug-likeness (QED) is 0.452. The van der Waals surface area contributed by atoms with Crippen molar-refractivity contribution in [3.05, 3.63) is 71.1 Å². The molecule has 0 radical (unpaired) electrons. The first kappa shape index (κ1) is 15.4. The van der Waals surface area contributed by atoms with E-state index in [1.807, 2.05) is 74.5 Å². The van der Waals surface area contributed by atoms with Crippen LogP contribution in [0.25, 0.3) is 5.57 Å². The molecule has 2 rings (SSSR count). The molecule has 0 aliphatic carbocycles. The zero-order valence-corrected chi connectivity index (χ0v) is 13.0. The van der Waals surface area contributed by atoms with Gasteiger partial charge >= 0.3 is 5.97 Å². The number of carbonyl (C=O) groups excluding carboxylic acids is 1. The summed E-state index contributed by atoms with van der Waals surface area (Å²) in [4.78, 5) is 13.9. The van der Waals surface area contributed by atoms with E-state index in [1.54, 1.807) is 0 Å². The number of thioether (sulfide) groups is 1. The van der Waals surface area contributed by atoms with Gasteiger partial charge in [0.1, 0.15) is 4.91 Å². The molecule has 2 aromatic carbocycles. The molecule has 0 fully saturated rings. The lowest BCUT2D eigenvalue weighted by atomic mass is 10.1. The van der Waals surface area contributed by atoms with Gasteiger partial charge in [-0.1, -0.05) is 60.3 Å². The van der Waals surface area contributed by atoms with Crippen LogP contribution < -0.4 is 0 Å². The van der Waals surface area contributed by atoms with Gasteiger partial charge in [-0.3, -0.25) is 0 Å². The van der Waals surface area contributed by atoms with E-state index in [0.29, 0.717) is 11.5 Å². The van der Waals surface area contributed by atoms with Crippen LogP contribution in [0.4, 0.5) is 0 Å². The van der Waals surface area contributed by atoms with Gasteiger partial charge in [0, 0.05) is 4.90 Å². The third-order valence-corrected chi connectivity index (χ3v) is 4.16. The summed E-state index contributed by atoms with van der Waals surface area (Å²) in [5, 5.41) is 0. The molecule has 0 aliphatic rings. The highest BCUT2D eigenvalue weighted by Gasteiger charge is 2.16. The second-order valence-electron chi connectivity index (χ2n) is 4.46. The van der Waals surface area contributed by atoms with Gasteiger partial charge in [-0.05, 0) is 37.1 Å². The first-order valence-electron chi connectivity index (χ1n) is 6.88. The molecule has 2 aromatic rings. The van der Waals surface area contributed by atoms with Gasteiger partial charge < -0.3 is 4.74 Å². The summed E-state index contributed by atoms with van der Waals surface area (Å²) in [5.41, 5.74) is 1.96. The number of hydrogen-bond donors (Lipinski definition) is 0. The Hall–Kier alpha value is -2.00. The molecule has 0 spiro atoms. The smallest absolute Gasteiger partial charge is 0.345 e. The molecule has 0 N–H and O–H groups in total. The molecule has 0 bridgehead atoms.